The summed E-state index contributed by atoms with van der Waals surface area (Å²) in [5.74, 6) is 0. The molecule has 1 fully saturated rings. The van der Waals surface area contributed by atoms with Crippen LogP contribution in [-0.2, 0) is 0 Å². The second-order valence-electron chi connectivity index (χ2n) is 8.11. The number of allylic oxidation sites excluding steroid dienone is 4. The summed E-state index contributed by atoms with van der Waals surface area (Å²) in [6.45, 7) is 0. The summed E-state index contributed by atoms with van der Waals surface area (Å²) in [5.41, 5.74) is 0.433. The molecular weight excluding hydrogens is 276 g/mol. The molecule has 0 aromatic rings. The van der Waals surface area contributed by atoms with Crippen molar-refractivity contribution in [3.63, 3.8) is 0 Å². The molecule has 0 aromatic carbocycles. The molecule has 23 heavy (non-hydrogen) atoms. The van der Waals surface area contributed by atoms with Crippen LogP contribution in [0.3, 0.4) is 0 Å². The van der Waals surface area contributed by atoms with Crippen LogP contribution in [0.5, 0.6) is 0 Å². The first kappa shape index (κ1) is 18.8. The zero-order valence-electron chi connectivity index (χ0n) is 15.5. The van der Waals surface area contributed by atoms with Gasteiger partial charge in [0.1, 0.15) is 0 Å². The van der Waals surface area contributed by atoms with E-state index in [4.69, 9.17) is 0 Å². The molecule has 0 unspecified atom stereocenters. The third-order valence-corrected chi connectivity index (χ3v) is 6.00. The highest BCUT2D eigenvalue weighted by Gasteiger charge is 2.24. The Morgan fingerprint density at radius 2 is 0.609 bits per heavy atom. The fourth-order valence-electron chi connectivity index (χ4n) is 4.39. The monoisotopic (exact) mass is 316 g/mol. The zero-order chi connectivity index (χ0) is 16.1. The minimum Gasteiger partial charge on any atom is -0.0745 e. The summed E-state index contributed by atoms with van der Waals surface area (Å²) in [6.07, 6.45) is 35.8. The van der Waals surface area contributed by atoms with Crippen molar-refractivity contribution in [2.24, 2.45) is 5.41 Å². The lowest BCUT2D eigenvalue weighted by atomic mass is 9.79. The SMILES string of the molecule is C1=CC2(C=C1)CCCCCCCCCCCCCCCCCC2. The number of hydrogen-bond acceptors (Lipinski definition) is 0. The van der Waals surface area contributed by atoms with Gasteiger partial charge in [-0.05, 0) is 12.8 Å². The van der Waals surface area contributed by atoms with E-state index in [1.165, 1.54) is 116 Å². The van der Waals surface area contributed by atoms with Gasteiger partial charge in [0.15, 0.2) is 0 Å². The van der Waals surface area contributed by atoms with Gasteiger partial charge >= 0.3 is 0 Å². The summed E-state index contributed by atoms with van der Waals surface area (Å²) in [7, 11) is 0. The van der Waals surface area contributed by atoms with E-state index in [1.54, 1.807) is 0 Å². The van der Waals surface area contributed by atoms with Crippen molar-refractivity contribution in [3.05, 3.63) is 24.3 Å². The van der Waals surface area contributed by atoms with Gasteiger partial charge in [0.25, 0.3) is 0 Å². The predicted octanol–water partition coefficient (Wildman–Crippen LogP) is 8.13. The third-order valence-electron chi connectivity index (χ3n) is 6.00. The molecule has 0 saturated heterocycles. The molecule has 0 aliphatic heterocycles. The van der Waals surface area contributed by atoms with Crippen LogP contribution in [0, 0.1) is 5.41 Å². The molecule has 0 heteroatoms. The van der Waals surface area contributed by atoms with Crippen molar-refractivity contribution in [3.8, 4) is 0 Å². The van der Waals surface area contributed by atoms with E-state index >= 15 is 0 Å². The lowest BCUT2D eigenvalue weighted by Crippen LogP contribution is -2.13. The number of hydrogen-bond donors (Lipinski definition) is 0. The van der Waals surface area contributed by atoms with E-state index in [-0.39, 0.29) is 0 Å². The molecular formula is C23H40. The molecule has 2 aliphatic rings. The Hall–Kier alpha value is -0.520. The van der Waals surface area contributed by atoms with Gasteiger partial charge in [-0.3, -0.25) is 0 Å². The van der Waals surface area contributed by atoms with Gasteiger partial charge in [0, 0.05) is 5.41 Å². The smallest absolute Gasteiger partial charge is 0.00671 e. The van der Waals surface area contributed by atoms with Gasteiger partial charge in [-0.1, -0.05) is 127 Å². The van der Waals surface area contributed by atoms with E-state index in [1.807, 2.05) is 0 Å². The minimum absolute atomic E-state index is 0.433. The van der Waals surface area contributed by atoms with Gasteiger partial charge < -0.3 is 0 Å². The zero-order valence-corrected chi connectivity index (χ0v) is 15.5. The fourth-order valence-corrected chi connectivity index (χ4v) is 4.39. The van der Waals surface area contributed by atoms with E-state index in [9.17, 15) is 0 Å². The molecule has 0 N–H and O–H groups in total. The summed E-state index contributed by atoms with van der Waals surface area (Å²) in [5, 5.41) is 0. The maximum absolute atomic E-state index is 2.50. The van der Waals surface area contributed by atoms with Crippen molar-refractivity contribution in [1.29, 1.82) is 0 Å². The first-order valence-corrected chi connectivity index (χ1v) is 10.8. The van der Waals surface area contributed by atoms with Crippen molar-refractivity contribution in [2.75, 3.05) is 0 Å². The molecule has 0 atom stereocenters. The molecule has 132 valence electrons. The van der Waals surface area contributed by atoms with Crippen molar-refractivity contribution in [2.45, 2.75) is 116 Å². The summed E-state index contributed by atoms with van der Waals surface area (Å²) in [4.78, 5) is 0. The molecule has 0 bridgehead atoms. The Labute approximate surface area is 145 Å². The van der Waals surface area contributed by atoms with Crippen molar-refractivity contribution >= 4 is 0 Å². The Balaban J connectivity index is 1.70. The van der Waals surface area contributed by atoms with Gasteiger partial charge in [-0.25, -0.2) is 0 Å². The van der Waals surface area contributed by atoms with Gasteiger partial charge in [0.2, 0.25) is 0 Å². The lowest BCUT2D eigenvalue weighted by Gasteiger charge is -2.25. The Kier molecular flexibility index (Phi) is 9.76. The maximum atomic E-state index is 2.50. The average Bonchev–Trinajstić information content (AvgIpc) is 3.02. The fraction of sp³-hybridized carbons (Fsp3) is 0.826. The third kappa shape index (κ3) is 8.23. The predicted molar refractivity (Wildman–Crippen MR) is 104 cm³/mol. The highest BCUT2D eigenvalue weighted by molar-refractivity contribution is 5.24. The summed E-state index contributed by atoms with van der Waals surface area (Å²) in [6, 6.07) is 0. The number of rotatable bonds is 0. The Morgan fingerprint density at radius 3 is 0.913 bits per heavy atom. The molecule has 0 heterocycles. The largest absolute Gasteiger partial charge is 0.0745 e. The van der Waals surface area contributed by atoms with Gasteiger partial charge in [-0.2, -0.15) is 0 Å². The Bertz CT molecular complexity index is 302. The second-order valence-corrected chi connectivity index (χ2v) is 8.11. The topological polar surface area (TPSA) is 0 Å². The first-order valence-electron chi connectivity index (χ1n) is 10.8. The normalized spacial score (nSPS) is 25.7. The molecule has 1 spiro atoms. The van der Waals surface area contributed by atoms with Crippen LogP contribution >= 0.6 is 0 Å². The van der Waals surface area contributed by atoms with Crippen LogP contribution in [0.25, 0.3) is 0 Å². The Morgan fingerprint density at radius 1 is 0.348 bits per heavy atom. The second kappa shape index (κ2) is 11.9. The summed E-state index contributed by atoms with van der Waals surface area (Å²) < 4.78 is 0. The molecule has 2 aliphatic carbocycles. The van der Waals surface area contributed by atoms with Crippen LogP contribution in [0.2, 0.25) is 0 Å². The molecule has 0 nitrogen and oxygen atoms in total. The minimum atomic E-state index is 0.433. The molecule has 1 saturated carbocycles. The van der Waals surface area contributed by atoms with Crippen LogP contribution in [0.4, 0.5) is 0 Å². The van der Waals surface area contributed by atoms with Crippen LogP contribution in [0.15, 0.2) is 24.3 Å². The quantitative estimate of drug-likeness (QED) is 0.423. The summed E-state index contributed by atoms with van der Waals surface area (Å²) >= 11 is 0. The van der Waals surface area contributed by atoms with E-state index in [2.05, 4.69) is 24.3 Å². The van der Waals surface area contributed by atoms with Crippen molar-refractivity contribution < 1.29 is 0 Å². The highest BCUT2D eigenvalue weighted by atomic mass is 14.3. The van der Waals surface area contributed by atoms with Crippen molar-refractivity contribution in [1.82, 2.24) is 0 Å². The van der Waals surface area contributed by atoms with Crippen LogP contribution in [0.1, 0.15) is 116 Å². The van der Waals surface area contributed by atoms with Gasteiger partial charge in [0.05, 0.1) is 0 Å². The van der Waals surface area contributed by atoms with E-state index in [0.717, 1.165) is 0 Å². The molecule has 0 amide bonds. The molecule has 2 rings (SSSR count). The average molecular weight is 317 g/mol. The van der Waals surface area contributed by atoms with E-state index < -0.39 is 0 Å². The highest BCUT2D eigenvalue weighted by Crippen LogP contribution is 2.38. The standard InChI is InChI=1S/C23H40/c1-2-4-6-8-10-12-14-16-20-23(21-17-18-22-23)19-15-13-11-9-7-5-3-1/h17-18,21-22H,1-16,19-20H2. The maximum Gasteiger partial charge on any atom is 0.00671 e. The molecule has 0 radical (unpaired) electrons. The molecule has 0 aromatic heterocycles. The van der Waals surface area contributed by atoms with Gasteiger partial charge in [-0.15, -0.1) is 0 Å². The van der Waals surface area contributed by atoms with Crippen LogP contribution < -0.4 is 0 Å². The van der Waals surface area contributed by atoms with Crippen LogP contribution in [-0.4, -0.2) is 0 Å². The lowest BCUT2D eigenvalue weighted by molar-refractivity contribution is 0.375. The van der Waals surface area contributed by atoms with E-state index in [0.29, 0.717) is 5.41 Å². The first-order chi connectivity index (χ1) is 11.4.